The number of methoxy groups -OCH3 is 1. The van der Waals surface area contributed by atoms with E-state index < -0.39 is 0 Å². The fourth-order valence-electron chi connectivity index (χ4n) is 1.82. The zero-order chi connectivity index (χ0) is 10.4. The van der Waals surface area contributed by atoms with Crippen LogP contribution in [0.2, 0.25) is 0 Å². The Balaban J connectivity index is 2.24. The molecule has 0 aliphatic carbocycles. The van der Waals surface area contributed by atoms with Crippen molar-refractivity contribution < 1.29 is 9.53 Å². The Labute approximate surface area is 93.9 Å². The highest BCUT2D eigenvalue weighted by atomic mass is 79.9. The van der Waals surface area contributed by atoms with Gasteiger partial charge in [-0.1, -0.05) is 15.9 Å². The van der Waals surface area contributed by atoms with Gasteiger partial charge in [-0.05, 0) is 18.8 Å². The van der Waals surface area contributed by atoms with Crippen LogP contribution in [0.4, 0.5) is 0 Å². The topological polar surface area (TPSA) is 29.5 Å². The number of carbonyl (C=O) groups is 1. The highest BCUT2D eigenvalue weighted by Gasteiger charge is 2.21. The zero-order valence-corrected chi connectivity index (χ0v) is 10.3. The number of alkyl halides is 1. The summed E-state index contributed by atoms with van der Waals surface area (Å²) in [6.07, 6.45) is 2.79. The van der Waals surface area contributed by atoms with Gasteiger partial charge in [-0.2, -0.15) is 0 Å². The van der Waals surface area contributed by atoms with Crippen LogP contribution in [-0.4, -0.2) is 42.9 Å². The molecule has 0 spiro atoms. The van der Waals surface area contributed by atoms with Gasteiger partial charge in [-0.25, -0.2) is 0 Å². The molecule has 1 heterocycles. The number of rotatable bonds is 4. The summed E-state index contributed by atoms with van der Waals surface area (Å²) >= 11 is 3.29. The Bertz CT molecular complexity index is 179. The molecule has 0 radical (unpaired) electrons. The van der Waals surface area contributed by atoms with Crippen molar-refractivity contribution in [1.82, 2.24) is 4.90 Å². The molecular formula is C10H18BrNO2. The van der Waals surface area contributed by atoms with Crippen molar-refractivity contribution in [3.63, 3.8) is 0 Å². The molecule has 0 aromatic carbocycles. The van der Waals surface area contributed by atoms with E-state index in [1.54, 1.807) is 7.11 Å². The van der Waals surface area contributed by atoms with E-state index in [-0.39, 0.29) is 5.91 Å². The van der Waals surface area contributed by atoms with Crippen molar-refractivity contribution in [1.29, 1.82) is 0 Å². The molecule has 3 nitrogen and oxygen atoms in total. The average Bonchev–Trinajstić information content (AvgIpc) is 2.20. The summed E-state index contributed by atoms with van der Waals surface area (Å²) in [6.45, 7) is 2.64. The maximum Gasteiger partial charge on any atom is 0.223 e. The van der Waals surface area contributed by atoms with E-state index in [0.717, 1.165) is 37.9 Å². The van der Waals surface area contributed by atoms with Crippen LogP contribution in [0.3, 0.4) is 0 Å². The van der Waals surface area contributed by atoms with Crippen LogP contribution >= 0.6 is 15.9 Å². The molecule has 0 aromatic heterocycles. The van der Waals surface area contributed by atoms with Crippen molar-refractivity contribution in [2.45, 2.75) is 19.3 Å². The van der Waals surface area contributed by atoms with E-state index >= 15 is 0 Å². The van der Waals surface area contributed by atoms with Crippen molar-refractivity contribution >= 4 is 21.8 Å². The summed E-state index contributed by atoms with van der Waals surface area (Å²) in [4.78, 5) is 13.5. The molecule has 4 heteroatoms. The Hall–Kier alpha value is -0.0900. The Morgan fingerprint density at radius 1 is 1.50 bits per heavy atom. The summed E-state index contributed by atoms with van der Waals surface area (Å²) in [6, 6.07) is 0. The first kappa shape index (κ1) is 12.0. The number of nitrogens with zero attached hydrogens (tertiary/aromatic N) is 1. The summed E-state index contributed by atoms with van der Waals surface area (Å²) in [5.41, 5.74) is 0. The van der Waals surface area contributed by atoms with E-state index in [1.165, 1.54) is 0 Å². The van der Waals surface area contributed by atoms with E-state index in [0.29, 0.717) is 12.3 Å². The Morgan fingerprint density at radius 3 is 2.64 bits per heavy atom. The molecule has 82 valence electrons. The average molecular weight is 264 g/mol. The standard InChI is InChI=1S/C10H18BrNO2/c1-14-8-9-3-6-12(7-4-9)10(13)2-5-11/h9H,2-8H2,1H3. The lowest BCUT2D eigenvalue weighted by Gasteiger charge is -2.31. The van der Waals surface area contributed by atoms with E-state index in [4.69, 9.17) is 4.74 Å². The molecule has 0 bridgehead atoms. The maximum absolute atomic E-state index is 11.5. The Kier molecular flexibility index (Phi) is 5.48. The molecule has 0 atom stereocenters. The van der Waals surface area contributed by atoms with Crippen LogP contribution in [0.25, 0.3) is 0 Å². The lowest BCUT2D eigenvalue weighted by Crippen LogP contribution is -2.39. The van der Waals surface area contributed by atoms with Gasteiger partial charge < -0.3 is 9.64 Å². The van der Waals surface area contributed by atoms with Gasteiger partial charge in [0, 0.05) is 38.6 Å². The van der Waals surface area contributed by atoms with Crippen LogP contribution in [-0.2, 0) is 9.53 Å². The monoisotopic (exact) mass is 263 g/mol. The first-order chi connectivity index (χ1) is 6.77. The summed E-state index contributed by atoms with van der Waals surface area (Å²) in [7, 11) is 1.74. The number of piperidine rings is 1. The Morgan fingerprint density at radius 2 is 2.14 bits per heavy atom. The van der Waals surface area contributed by atoms with Crippen LogP contribution < -0.4 is 0 Å². The molecule has 0 unspecified atom stereocenters. The van der Waals surface area contributed by atoms with Gasteiger partial charge >= 0.3 is 0 Å². The molecule has 1 amide bonds. The van der Waals surface area contributed by atoms with Crippen molar-refractivity contribution in [3.05, 3.63) is 0 Å². The highest BCUT2D eigenvalue weighted by molar-refractivity contribution is 9.09. The third-order valence-corrected chi connectivity index (χ3v) is 3.07. The van der Waals surface area contributed by atoms with Crippen LogP contribution in [0.5, 0.6) is 0 Å². The van der Waals surface area contributed by atoms with E-state index in [2.05, 4.69) is 15.9 Å². The normalized spacial score (nSPS) is 18.6. The third kappa shape index (κ3) is 3.58. The third-order valence-electron chi connectivity index (χ3n) is 2.68. The van der Waals surface area contributed by atoms with Gasteiger partial charge in [0.1, 0.15) is 0 Å². The minimum atomic E-state index is 0.276. The fraction of sp³-hybridized carbons (Fsp3) is 0.900. The molecule has 1 fully saturated rings. The number of halogens is 1. The largest absolute Gasteiger partial charge is 0.384 e. The first-order valence-corrected chi connectivity index (χ1v) is 6.22. The number of amides is 1. The predicted molar refractivity (Wildman–Crippen MR) is 59.6 cm³/mol. The first-order valence-electron chi connectivity index (χ1n) is 5.10. The second-order valence-electron chi connectivity index (χ2n) is 3.72. The molecule has 1 aliphatic rings. The van der Waals surface area contributed by atoms with Crippen LogP contribution in [0.1, 0.15) is 19.3 Å². The minimum absolute atomic E-state index is 0.276. The van der Waals surface area contributed by atoms with Gasteiger partial charge in [-0.15, -0.1) is 0 Å². The summed E-state index contributed by atoms with van der Waals surface area (Å²) < 4.78 is 5.11. The van der Waals surface area contributed by atoms with Gasteiger partial charge in [0.15, 0.2) is 0 Å². The molecular weight excluding hydrogens is 246 g/mol. The van der Waals surface area contributed by atoms with Gasteiger partial charge in [0.25, 0.3) is 0 Å². The zero-order valence-electron chi connectivity index (χ0n) is 8.67. The van der Waals surface area contributed by atoms with E-state index in [1.807, 2.05) is 4.90 Å². The van der Waals surface area contributed by atoms with Gasteiger partial charge in [0.05, 0.1) is 0 Å². The van der Waals surface area contributed by atoms with Crippen molar-refractivity contribution in [2.75, 3.05) is 32.1 Å². The number of hydrogen-bond acceptors (Lipinski definition) is 2. The van der Waals surface area contributed by atoms with Crippen molar-refractivity contribution in [2.24, 2.45) is 5.92 Å². The highest BCUT2D eigenvalue weighted by Crippen LogP contribution is 2.17. The number of likely N-dealkylation sites (tertiary alicyclic amines) is 1. The quantitative estimate of drug-likeness (QED) is 0.723. The molecule has 1 rings (SSSR count). The molecule has 14 heavy (non-hydrogen) atoms. The SMILES string of the molecule is COCC1CCN(C(=O)CCBr)CC1. The van der Waals surface area contributed by atoms with Crippen LogP contribution in [0, 0.1) is 5.92 Å². The summed E-state index contributed by atoms with van der Waals surface area (Å²) in [5, 5.41) is 0.768. The second kappa shape index (κ2) is 6.40. The lowest BCUT2D eigenvalue weighted by molar-refractivity contribution is -0.132. The number of hydrogen-bond donors (Lipinski definition) is 0. The molecule has 0 saturated carbocycles. The van der Waals surface area contributed by atoms with Crippen LogP contribution in [0.15, 0.2) is 0 Å². The van der Waals surface area contributed by atoms with E-state index in [9.17, 15) is 4.79 Å². The molecule has 0 aromatic rings. The predicted octanol–water partition coefficient (Wildman–Crippen LogP) is 1.66. The fourth-order valence-corrected chi connectivity index (χ4v) is 2.16. The molecule has 1 saturated heterocycles. The molecule has 1 aliphatic heterocycles. The molecule has 0 N–H and O–H groups in total. The van der Waals surface area contributed by atoms with Gasteiger partial charge in [0.2, 0.25) is 5.91 Å². The number of carbonyl (C=O) groups excluding carboxylic acids is 1. The second-order valence-corrected chi connectivity index (χ2v) is 4.51. The van der Waals surface area contributed by atoms with Gasteiger partial charge in [-0.3, -0.25) is 4.79 Å². The number of ether oxygens (including phenoxy) is 1. The summed E-state index contributed by atoms with van der Waals surface area (Å²) in [5.74, 6) is 0.922. The maximum atomic E-state index is 11.5. The minimum Gasteiger partial charge on any atom is -0.384 e. The smallest absolute Gasteiger partial charge is 0.223 e. The lowest BCUT2D eigenvalue weighted by atomic mass is 9.98. The van der Waals surface area contributed by atoms with Crippen molar-refractivity contribution in [3.8, 4) is 0 Å².